The second kappa shape index (κ2) is 11.6. The molecule has 12 heteroatoms. The number of carbonyl (C=O) groups is 5. The quantitative estimate of drug-likeness (QED) is 0.408. The zero-order valence-corrected chi connectivity index (χ0v) is 24.5. The third-order valence-electron chi connectivity index (χ3n) is 5.96. The summed E-state index contributed by atoms with van der Waals surface area (Å²) in [6.07, 6.45) is -1.77. The Morgan fingerprint density at radius 2 is 1.31 bits per heavy atom. The molecule has 0 radical (unpaired) electrons. The van der Waals surface area contributed by atoms with Crippen molar-refractivity contribution in [1.82, 2.24) is 10.2 Å². The van der Waals surface area contributed by atoms with Crippen LogP contribution in [-0.4, -0.2) is 40.2 Å². The molecule has 2 heterocycles. The number of amides is 5. The summed E-state index contributed by atoms with van der Waals surface area (Å²) in [5, 5.41) is 2.02. The normalized spacial score (nSPS) is 23.5. The Bertz CT molecular complexity index is 1300. The van der Waals surface area contributed by atoms with Crippen LogP contribution in [-0.2, 0) is 35.3 Å². The van der Waals surface area contributed by atoms with Gasteiger partial charge in [0.2, 0.25) is 23.2 Å². The topological polar surface area (TPSA) is 110 Å². The first-order valence-electron chi connectivity index (χ1n) is 11.9. The van der Waals surface area contributed by atoms with Gasteiger partial charge in [0.15, 0.2) is 0 Å². The van der Waals surface area contributed by atoms with Crippen LogP contribution < -0.4 is 5.32 Å². The highest BCUT2D eigenvalue weighted by Crippen LogP contribution is 2.38. The van der Waals surface area contributed by atoms with Gasteiger partial charge in [-0.05, 0) is 56.2 Å². The second-order valence-corrected chi connectivity index (χ2v) is 11.8. The van der Waals surface area contributed by atoms with Crippen molar-refractivity contribution in [2.24, 2.45) is 0 Å². The maximum Gasteiger partial charge on any atom is 0.424 e. The van der Waals surface area contributed by atoms with Gasteiger partial charge in [0, 0.05) is 34.6 Å². The Kier molecular flexibility index (Phi) is 9.11. The molecule has 39 heavy (non-hydrogen) atoms. The first-order chi connectivity index (χ1) is 18.1. The van der Waals surface area contributed by atoms with Crippen LogP contribution in [0.1, 0.15) is 57.6 Å². The maximum absolute atomic E-state index is 15.3. The predicted octanol–water partition coefficient (Wildman–Crippen LogP) is 5.75. The highest BCUT2D eigenvalue weighted by molar-refractivity contribution is 9.10. The van der Waals surface area contributed by atoms with Gasteiger partial charge in [-0.25, -0.2) is 13.6 Å². The van der Waals surface area contributed by atoms with Gasteiger partial charge in [0.05, 0.1) is 0 Å². The van der Waals surface area contributed by atoms with Crippen LogP contribution in [0.2, 0.25) is 0 Å². The molecule has 8 nitrogen and oxygen atoms in total. The van der Waals surface area contributed by atoms with Crippen LogP contribution in [0.4, 0.5) is 13.6 Å². The van der Waals surface area contributed by atoms with Crippen molar-refractivity contribution >= 4 is 61.6 Å². The Morgan fingerprint density at radius 3 is 1.77 bits per heavy atom. The number of halogens is 4. The van der Waals surface area contributed by atoms with Gasteiger partial charge < -0.3 is 4.74 Å². The van der Waals surface area contributed by atoms with E-state index in [-0.39, 0.29) is 41.7 Å². The number of hydrogen-bond acceptors (Lipinski definition) is 6. The monoisotopic (exact) mass is 670 g/mol. The van der Waals surface area contributed by atoms with E-state index >= 15 is 4.39 Å². The maximum atomic E-state index is 15.3. The van der Waals surface area contributed by atoms with Gasteiger partial charge >= 0.3 is 6.09 Å². The summed E-state index contributed by atoms with van der Waals surface area (Å²) in [6, 6.07) is 12.5. The van der Waals surface area contributed by atoms with E-state index in [1.54, 1.807) is 57.2 Å². The Morgan fingerprint density at radius 1 is 0.846 bits per heavy atom. The van der Waals surface area contributed by atoms with Gasteiger partial charge in [0.25, 0.3) is 11.8 Å². The summed E-state index contributed by atoms with van der Waals surface area (Å²) in [5.41, 5.74) is -5.03. The zero-order chi connectivity index (χ0) is 29.2. The SMILES string of the molecule is CC(C)(C)OC(=O)N1C(=O)CCC(F)(c2ccc(Br)cc2)C1=O.O=C1CCC(F)(c2ccc(Br)cc2)C(=O)N1. The van der Waals surface area contributed by atoms with Crippen LogP contribution in [0.3, 0.4) is 0 Å². The summed E-state index contributed by atoms with van der Waals surface area (Å²) in [6.45, 7) is 4.80. The van der Waals surface area contributed by atoms with Gasteiger partial charge in [-0.15, -0.1) is 0 Å². The number of piperidine rings is 2. The van der Waals surface area contributed by atoms with E-state index in [2.05, 4.69) is 31.9 Å². The average Bonchev–Trinajstić information content (AvgIpc) is 2.84. The molecule has 0 aliphatic carbocycles. The van der Waals surface area contributed by atoms with E-state index in [0.717, 1.165) is 8.95 Å². The molecule has 2 atom stereocenters. The second-order valence-electron chi connectivity index (χ2n) is 10.0. The van der Waals surface area contributed by atoms with Crippen molar-refractivity contribution in [2.45, 2.75) is 63.4 Å². The lowest BCUT2D eigenvalue weighted by Gasteiger charge is -2.34. The fourth-order valence-corrected chi connectivity index (χ4v) is 4.47. The molecule has 0 saturated carbocycles. The molecule has 4 rings (SSSR count). The molecule has 1 N–H and O–H groups in total. The van der Waals surface area contributed by atoms with Crippen LogP contribution in [0.25, 0.3) is 0 Å². The molecule has 0 spiro atoms. The van der Waals surface area contributed by atoms with E-state index in [0.29, 0.717) is 0 Å². The van der Waals surface area contributed by atoms with Crippen molar-refractivity contribution in [3.05, 3.63) is 68.6 Å². The number of imide groups is 4. The number of nitrogens with one attached hydrogen (secondary N) is 1. The van der Waals surface area contributed by atoms with E-state index in [1.165, 1.54) is 12.1 Å². The minimum Gasteiger partial charge on any atom is -0.443 e. The largest absolute Gasteiger partial charge is 0.443 e. The molecule has 2 fully saturated rings. The zero-order valence-electron chi connectivity index (χ0n) is 21.4. The molecule has 2 unspecified atom stereocenters. The number of nitrogens with zero attached hydrogens (tertiary/aromatic N) is 1. The van der Waals surface area contributed by atoms with Gasteiger partial charge in [0.1, 0.15) is 5.60 Å². The van der Waals surface area contributed by atoms with Crippen molar-refractivity contribution in [1.29, 1.82) is 0 Å². The summed E-state index contributed by atoms with van der Waals surface area (Å²) in [7, 11) is 0. The number of hydrogen-bond donors (Lipinski definition) is 1. The van der Waals surface area contributed by atoms with Crippen LogP contribution in [0.5, 0.6) is 0 Å². The van der Waals surface area contributed by atoms with E-state index in [9.17, 15) is 28.4 Å². The Labute approximate surface area is 240 Å². The van der Waals surface area contributed by atoms with Crippen molar-refractivity contribution < 1.29 is 37.5 Å². The highest BCUT2D eigenvalue weighted by Gasteiger charge is 2.52. The molecule has 2 aromatic carbocycles. The lowest BCUT2D eigenvalue weighted by atomic mass is 9.86. The molecular weight excluding hydrogens is 646 g/mol. The standard InChI is InChI=1S/C16H17BrFNO4.C11H9BrFNO2/c1-15(2,3)23-14(22)19-12(20)8-9-16(18,13(19)21)10-4-6-11(17)7-5-10;12-8-3-1-7(2-4-8)11(13)6-5-9(15)14-10(11)16/h4-7H,8-9H2,1-3H3;1-4H,5-6H2,(H,14,15,16). The minimum atomic E-state index is -2.43. The van der Waals surface area contributed by atoms with E-state index in [4.69, 9.17) is 4.74 Å². The summed E-state index contributed by atoms with van der Waals surface area (Å²) < 4.78 is 36.3. The van der Waals surface area contributed by atoms with E-state index < -0.39 is 46.7 Å². The van der Waals surface area contributed by atoms with Crippen LogP contribution >= 0.6 is 31.9 Å². The lowest BCUT2D eigenvalue weighted by molar-refractivity contribution is -0.158. The fourth-order valence-electron chi connectivity index (χ4n) is 3.94. The molecule has 0 bridgehead atoms. The first-order valence-corrected chi connectivity index (χ1v) is 13.5. The molecule has 2 saturated heterocycles. The highest BCUT2D eigenvalue weighted by atomic mass is 79.9. The van der Waals surface area contributed by atoms with Crippen LogP contribution in [0.15, 0.2) is 57.5 Å². The minimum absolute atomic E-state index is 0.0261. The number of benzene rings is 2. The van der Waals surface area contributed by atoms with Gasteiger partial charge in [-0.2, -0.15) is 4.90 Å². The summed E-state index contributed by atoms with van der Waals surface area (Å²) >= 11 is 6.47. The molecular formula is C27H26Br2F2N2O6. The number of ether oxygens (including phenoxy) is 1. The molecule has 5 amide bonds. The Hall–Kier alpha value is -2.99. The molecule has 208 valence electrons. The predicted molar refractivity (Wildman–Crippen MR) is 144 cm³/mol. The third kappa shape index (κ3) is 6.96. The summed E-state index contributed by atoms with van der Waals surface area (Å²) in [5.74, 6) is -3.25. The van der Waals surface area contributed by atoms with Crippen molar-refractivity contribution in [3.63, 3.8) is 0 Å². The fraction of sp³-hybridized carbons (Fsp3) is 0.370. The van der Waals surface area contributed by atoms with Crippen molar-refractivity contribution in [3.8, 4) is 0 Å². The third-order valence-corrected chi connectivity index (χ3v) is 7.02. The van der Waals surface area contributed by atoms with E-state index in [1.807, 2.05) is 5.32 Å². The molecule has 2 aliphatic heterocycles. The lowest BCUT2D eigenvalue weighted by Crippen LogP contribution is -2.55. The number of alkyl halides is 2. The number of rotatable bonds is 2. The van der Waals surface area contributed by atoms with Crippen molar-refractivity contribution in [2.75, 3.05) is 0 Å². The summed E-state index contributed by atoms with van der Waals surface area (Å²) in [4.78, 5) is 59.2. The van der Waals surface area contributed by atoms with Gasteiger partial charge in [-0.1, -0.05) is 56.1 Å². The Balaban J connectivity index is 0.000000230. The van der Waals surface area contributed by atoms with Gasteiger partial charge in [-0.3, -0.25) is 24.5 Å². The molecule has 2 aliphatic rings. The number of carbonyl (C=O) groups excluding carboxylic acids is 5. The average molecular weight is 672 g/mol. The van der Waals surface area contributed by atoms with Crippen LogP contribution in [0, 0.1) is 0 Å². The molecule has 2 aromatic rings. The molecule has 0 aromatic heterocycles. The smallest absolute Gasteiger partial charge is 0.424 e. The number of likely N-dealkylation sites (tertiary alicyclic amines) is 1. The first kappa shape index (κ1) is 30.6.